The highest BCUT2D eigenvalue weighted by Crippen LogP contribution is 2.49. The van der Waals surface area contributed by atoms with Crippen molar-refractivity contribution >= 4 is 40.0 Å². The average molecular weight is 488 g/mol. The summed E-state index contributed by atoms with van der Waals surface area (Å²) in [7, 11) is 0. The van der Waals surface area contributed by atoms with Crippen LogP contribution >= 0.6 is 23.1 Å². The molecule has 8 nitrogen and oxygen atoms in total. The summed E-state index contributed by atoms with van der Waals surface area (Å²) in [5.41, 5.74) is 4.28. The molecule has 0 bridgehead atoms. The van der Waals surface area contributed by atoms with Crippen LogP contribution in [0.25, 0.3) is 0 Å². The second-order valence-electron chi connectivity index (χ2n) is 7.71. The van der Waals surface area contributed by atoms with Crippen LogP contribution in [-0.4, -0.2) is 52.3 Å². The van der Waals surface area contributed by atoms with Crippen molar-refractivity contribution < 1.29 is 27.4 Å². The van der Waals surface area contributed by atoms with Gasteiger partial charge in [-0.25, -0.2) is 19.4 Å². The van der Waals surface area contributed by atoms with Crippen molar-refractivity contribution in [2.24, 2.45) is 16.6 Å². The maximum absolute atomic E-state index is 13.5. The first-order valence-electron chi connectivity index (χ1n) is 9.59. The molecule has 0 spiro atoms. The summed E-state index contributed by atoms with van der Waals surface area (Å²) >= 11 is 2.71. The monoisotopic (exact) mass is 487 g/mol. The number of carbonyl (C=O) groups excluding carboxylic acids is 1. The number of nitrogens with one attached hydrogen (secondary N) is 1. The van der Waals surface area contributed by atoms with E-state index in [1.165, 1.54) is 35.2 Å². The van der Waals surface area contributed by atoms with Crippen LogP contribution in [0.5, 0.6) is 5.75 Å². The van der Waals surface area contributed by atoms with Gasteiger partial charge in [-0.05, 0) is 25.5 Å². The zero-order valence-electron chi connectivity index (χ0n) is 16.9. The average Bonchev–Trinajstić information content (AvgIpc) is 3.23. The standard InChI is InChI=1S/C19H20F3N5O3S2/c1-18(8-20)4-10-6-32-17(23)27-19(10,9-29-18)15-26-13(7-31-15)25-14(28)12-3-2-11(5-24-12)30-16(21)22/h2-3,5,7,10,16H,4,6,8-9H2,1H3,(H2,23,27)(H,25,28)/t10-,18-,19-/m0/s1. The molecule has 1 saturated heterocycles. The van der Waals surface area contributed by atoms with Gasteiger partial charge in [0.05, 0.1) is 18.4 Å². The predicted octanol–water partition coefficient (Wildman–Crippen LogP) is 3.41. The van der Waals surface area contributed by atoms with E-state index < -0.39 is 30.3 Å². The normalized spacial score (nSPS) is 27.5. The molecule has 0 unspecified atom stereocenters. The van der Waals surface area contributed by atoms with E-state index in [9.17, 15) is 18.0 Å². The molecule has 4 heterocycles. The molecule has 2 aromatic rings. The molecule has 0 radical (unpaired) electrons. The molecular weight excluding hydrogens is 467 g/mol. The third kappa shape index (κ3) is 4.55. The Morgan fingerprint density at radius 3 is 2.97 bits per heavy atom. The van der Waals surface area contributed by atoms with Crippen LogP contribution in [0.3, 0.4) is 0 Å². The minimum atomic E-state index is -2.98. The van der Waals surface area contributed by atoms with Gasteiger partial charge in [-0.15, -0.1) is 11.3 Å². The third-order valence-corrected chi connectivity index (χ3v) is 7.29. The van der Waals surface area contributed by atoms with E-state index in [2.05, 4.69) is 25.0 Å². The van der Waals surface area contributed by atoms with Crippen LogP contribution in [0, 0.1) is 5.92 Å². The number of fused-ring (bicyclic) bond motifs is 1. The molecule has 0 aromatic carbocycles. The molecule has 2 aliphatic rings. The molecule has 0 aliphatic carbocycles. The number of aromatic nitrogens is 2. The molecular formula is C19H20F3N5O3S2. The molecule has 32 heavy (non-hydrogen) atoms. The number of nitrogens with two attached hydrogens (primary N) is 1. The van der Waals surface area contributed by atoms with Crippen LogP contribution < -0.4 is 15.8 Å². The van der Waals surface area contributed by atoms with E-state index in [4.69, 9.17) is 10.5 Å². The van der Waals surface area contributed by atoms with Gasteiger partial charge in [0.2, 0.25) is 0 Å². The lowest BCUT2D eigenvalue weighted by Crippen LogP contribution is -2.54. The largest absolute Gasteiger partial charge is 0.433 e. The number of hydrogen-bond acceptors (Lipinski definition) is 9. The summed E-state index contributed by atoms with van der Waals surface area (Å²) < 4.78 is 48.1. The molecule has 2 aromatic heterocycles. The summed E-state index contributed by atoms with van der Waals surface area (Å²) in [6.07, 6.45) is 1.50. The zero-order chi connectivity index (χ0) is 22.9. The van der Waals surface area contributed by atoms with Crippen LogP contribution in [-0.2, 0) is 10.3 Å². The number of nitrogens with zero attached hydrogens (tertiary/aromatic N) is 3. The first-order chi connectivity index (χ1) is 15.2. The van der Waals surface area contributed by atoms with E-state index in [1.807, 2.05) is 0 Å². The zero-order valence-corrected chi connectivity index (χ0v) is 18.5. The number of aliphatic imine (C=N–C) groups is 1. The van der Waals surface area contributed by atoms with Crippen molar-refractivity contribution in [1.29, 1.82) is 0 Å². The van der Waals surface area contributed by atoms with Gasteiger partial charge in [-0.1, -0.05) is 11.8 Å². The molecule has 1 amide bonds. The number of thioether (sulfide) groups is 1. The number of pyridine rings is 1. The van der Waals surface area contributed by atoms with Gasteiger partial charge >= 0.3 is 6.61 Å². The molecule has 2 aliphatic heterocycles. The molecule has 3 atom stereocenters. The molecule has 0 saturated carbocycles. The van der Waals surface area contributed by atoms with Crippen molar-refractivity contribution in [3.05, 3.63) is 34.4 Å². The number of hydrogen-bond donors (Lipinski definition) is 2. The van der Waals surface area contributed by atoms with Crippen LogP contribution in [0.4, 0.5) is 19.0 Å². The Morgan fingerprint density at radius 1 is 1.47 bits per heavy atom. The number of rotatable bonds is 6. The van der Waals surface area contributed by atoms with Crippen molar-refractivity contribution in [3.8, 4) is 5.75 Å². The number of anilines is 1. The highest BCUT2D eigenvalue weighted by atomic mass is 32.2. The molecule has 172 valence electrons. The number of amidine groups is 1. The van der Waals surface area contributed by atoms with Crippen molar-refractivity contribution in [2.45, 2.75) is 31.1 Å². The SMILES string of the molecule is C[C@@]1(CF)C[C@H]2CSC(N)=N[C@@]2(c2nc(NC(=O)c3ccc(OC(F)F)cn3)cs2)CO1. The quantitative estimate of drug-likeness (QED) is 0.642. The van der Waals surface area contributed by atoms with Gasteiger partial charge in [0.25, 0.3) is 5.91 Å². The van der Waals surface area contributed by atoms with Gasteiger partial charge < -0.3 is 20.5 Å². The Morgan fingerprint density at radius 2 is 2.28 bits per heavy atom. The maximum atomic E-state index is 13.5. The van der Waals surface area contributed by atoms with Gasteiger partial charge in [0.15, 0.2) is 5.17 Å². The van der Waals surface area contributed by atoms with Crippen LogP contribution in [0.15, 0.2) is 28.7 Å². The van der Waals surface area contributed by atoms with E-state index in [-0.39, 0.29) is 29.8 Å². The Bertz CT molecular complexity index is 1020. The second kappa shape index (κ2) is 8.87. The maximum Gasteiger partial charge on any atom is 0.387 e. The van der Waals surface area contributed by atoms with Crippen LogP contribution in [0.2, 0.25) is 0 Å². The second-order valence-corrected chi connectivity index (χ2v) is 9.61. The number of halogens is 3. The fourth-order valence-corrected chi connectivity index (χ4v) is 5.62. The van der Waals surface area contributed by atoms with E-state index in [0.29, 0.717) is 22.3 Å². The van der Waals surface area contributed by atoms with E-state index in [0.717, 1.165) is 6.20 Å². The van der Waals surface area contributed by atoms with Crippen molar-refractivity contribution in [3.63, 3.8) is 0 Å². The lowest BCUT2D eigenvalue weighted by Gasteiger charge is -2.48. The van der Waals surface area contributed by atoms with E-state index in [1.54, 1.807) is 12.3 Å². The number of amides is 1. The topological polar surface area (TPSA) is 112 Å². The lowest BCUT2D eigenvalue weighted by molar-refractivity contribution is -0.129. The number of thiazole rings is 1. The predicted molar refractivity (Wildman–Crippen MR) is 115 cm³/mol. The Labute approximate surface area is 189 Å². The summed E-state index contributed by atoms with van der Waals surface area (Å²) in [5.74, 6) is 0.191. The Hall–Kier alpha value is -2.38. The fraction of sp³-hybridized carbons (Fsp3) is 0.474. The molecule has 4 rings (SSSR count). The number of carbonyl (C=O) groups is 1. The van der Waals surface area contributed by atoms with Gasteiger partial charge in [-0.2, -0.15) is 8.78 Å². The molecule has 3 N–H and O–H groups in total. The highest BCUT2D eigenvalue weighted by Gasteiger charge is 2.53. The van der Waals surface area contributed by atoms with Crippen molar-refractivity contribution in [2.75, 3.05) is 24.4 Å². The minimum Gasteiger partial charge on any atom is -0.433 e. The Balaban J connectivity index is 1.52. The van der Waals surface area contributed by atoms with Crippen LogP contribution in [0.1, 0.15) is 28.8 Å². The highest BCUT2D eigenvalue weighted by molar-refractivity contribution is 8.13. The lowest BCUT2D eigenvalue weighted by atomic mass is 9.76. The molecule has 1 fully saturated rings. The number of ether oxygens (including phenoxy) is 2. The number of alkyl halides is 3. The first kappa shape index (κ1) is 22.8. The minimum absolute atomic E-state index is 0.00764. The summed E-state index contributed by atoms with van der Waals surface area (Å²) in [6.45, 7) is -1.71. The van der Waals surface area contributed by atoms with E-state index >= 15 is 0 Å². The molecule has 13 heteroatoms. The Kier molecular flexibility index (Phi) is 6.32. The van der Waals surface area contributed by atoms with Gasteiger partial charge in [-0.3, -0.25) is 4.79 Å². The third-order valence-electron chi connectivity index (χ3n) is 5.33. The summed E-state index contributed by atoms with van der Waals surface area (Å²) in [4.78, 5) is 25.5. The first-order valence-corrected chi connectivity index (χ1v) is 11.5. The fourth-order valence-electron chi connectivity index (χ4n) is 3.66. The van der Waals surface area contributed by atoms with Gasteiger partial charge in [0, 0.05) is 17.1 Å². The van der Waals surface area contributed by atoms with Crippen molar-refractivity contribution in [1.82, 2.24) is 9.97 Å². The smallest absolute Gasteiger partial charge is 0.387 e. The summed E-state index contributed by atoms with van der Waals surface area (Å²) in [5, 5.41) is 5.30. The van der Waals surface area contributed by atoms with Gasteiger partial charge in [0.1, 0.15) is 34.5 Å². The summed E-state index contributed by atoms with van der Waals surface area (Å²) in [6, 6.07) is 2.49.